The molecule has 0 aliphatic heterocycles. The van der Waals surface area contributed by atoms with Crippen LogP contribution < -0.4 is 19.5 Å². The number of para-hydroxylation sites is 1. The van der Waals surface area contributed by atoms with Crippen LogP contribution in [0.2, 0.25) is 0 Å². The van der Waals surface area contributed by atoms with E-state index in [2.05, 4.69) is 18.0 Å². The van der Waals surface area contributed by atoms with Gasteiger partial charge in [0.2, 0.25) is 5.75 Å². The molecule has 0 saturated heterocycles. The first kappa shape index (κ1) is 29.2. The van der Waals surface area contributed by atoms with E-state index in [9.17, 15) is 4.79 Å². The van der Waals surface area contributed by atoms with Crippen molar-refractivity contribution in [1.29, 1.82) is 0 Å². The molecule has 0 unspecified atom stereocenters. The van der Waals surface area contributed by atoms with Crippen LogP contribution in [0, 0.1) is 5.92 Å². The molecule has 7 nitrogen and oxygen atoms in total. The topological polar surface area (TPSA) is 73.2 Å². The number of allylic oxidation sites excluding steroid dienone is 1. The Balaban J connectivity index is 1.68. The number of nitrogens with zero attached hydrogens (tertiary/aromatic N) is 1. The SMILES string of the molecule is CCCCC(=C=CN(Cc1cc2ccccc2o1)C(=O)c1cc(OC)c(OC)c(OC)c1)NCC1CCCCC1. The van der Waals surface area contributed by atoms with Gasteiger partial charge in [-0.2, -0.15) is 0 Å². The zero-order valence-corrected chi connectivity index (χ0v) is 24.3. The first-order valence-corrected chi connectivity index (χ1v) is 14.3. The highest BCUT2D eigenvalue weighted by molar-refractivity contribution is 5.96. The Bertz CT molecular complexity index is 1270. The number of furan rings is 1. The number of amides is 1. The predicted molar refractivity (Wildman–Crippen MR) is 158 cm³/mol. The Labute approximate surface area is 237 Å². The van der Waals surface area contributed by atoms with Gasteiger partial charge in [0, 0.05) is 17.5 Å². The molecule has 1 heterocycles. The van der Waals surface area contributed by atoms with E-state index in [0.717, 1.165) is 42.5 Å². The minimum atomic E-state index is -0.227. The molecule has 2 aromatic carbocycles. The largest absolute Gasteiger partial charge is 0.493 e. The fourth-order valence-electron chi connectivity index (χ4n) is 5.21. The van der Waals surface area contributed by atoms with Crippen molar-refractivity contribution >= 4 is 16.9 Å². The van der Waals surface area contributed by atoms with E-state index in [1.165, 1.54) is 32.1 Å². The van der Waals surface area contributed by atoms with Gasteiger partial charge in [0.15, 0.2) is 11.5 Å². The average Bonchev–Trinajstić information content (AvgIpc) is 3.41. The van der Waals surface area contributed by atoms with Gasteiger partial charge in [-0.3, -0.25) is 4.79 Å². The van der Waals surface area contributed by atoms with Gasteiger partial charge in [-0.25, -0.2) is 0 Å². The monoisotopic (exact) mass is 546 g/mol. The molecule has 0 radical (unpaired) electrons. The van der Waals surface area contributed by atoms with Crippen molar-refractivity contribution < 1.29 is 23.4 Å². The van der Waals surface area contributed by atoms with E-state index in [-0.39, 0.29) is 12.5 Å². The van der Waals surface area contributed by atoms with E-state index in [0.29, 0.717) is 34.5 Å². The number of ether oxygens (including phenoxy) is 3. The second-order valence-electron chi connectivity index (χ2n) is 10.3. The number of carbonyl (C=O) groups is 1. The summed E-state index contributed by atoms with van der Waals surface area (Å²) in [7, 11) is 4.62. The second kappa shape index (κ2) is 14.5. The molecule has 1 aliphatic carbocycles. The Morgan fingerprint density at radius 3 is 2.42 bits per heavy atom. The molecule has 214 valence electrons. The van der Waals surface area contributed by atoms with Gasteiger partial charge in [-0.15, -0.1) is 0 Å². The van der Waals surface area contributed by atoms with Crippen molar-refractivity contribution in [2.24, 2.45) is 5.92 Å². The van der Waals surface area contributed by atoms with E-state index in [4.69, 9.17) is 18.6 Å². The average molecular weight is 547 g/mol. The van der Waals surface area contributed by atoms with Crippen LogP contribution in [0.5, 0.6) is 17.2 Å². The van der Waals surface area contributed by atoms with Crippen LogP contribution >= 0.6 is 0 Å². The number of unbranched alkanes of at least 4 members (excludes halogenated alkanes) is 1. The molecule has 1 amide bonds. The molecule has 4 rings (SSSR count). The maximum absolute atomic E-state index is 14.0. The van der Waals surface area contributed by atoms with Crippen LogP contribution in [0.3, 0.4) is 0 Å². The van der Waals surface area contributed by atoms with Gasteiger partial charge in [-0.05, 0) is 55.9 Å². The molecule has 1 saturated carbocycles. The van der Waals surface area contributed by atoms with Gasteiger partial charge in [0.1, 0.15) is 11.3 Å². The molecular weight excluding hydrogens is 504 g/mol. The summed E-state index contributed by atoms with van der Waals surface area (Å²) in [6.07, 6.45) is 11.3. The van der Waals surface area contributed by atoms with Gasteiger partial charge < -0.3 is 28.8 Å². The maximum atomic E-state index is 14.0. The zero-order chi connectivity index (χ0) is 28.3. The van der Waals surface area contributed by atoms with Crippen LogP contribution in [-0.2, 0) is 6.54 Å². The van der Waals surface area contributed by atoms with Crippen LogP contribution in [-0.4, -0.2) is 38.7 Å². The lowest BCUT2D eigenvalue weighted by Gasteiger charge is -2.23. The lowest BCUT2D eigenvalue weighted by molar-refractivity contribution is 0.0805. The molecule has 3 aromatic rings. The zero-order valence-electron chi connectivity index (χ0n) is 24.3. The number of benzene rings is 2. The quantitative estimate of drug-likeness (QED) is 0.224. The highest BCUT2D eigenvalue weighted by Crippen LogP contribution is 2.38. The Morgan fingerprint density at radius 1 is 1.05 bits per heavy atom. The number of nitrogens with one attached hydrogen (secondary N) is 1. The van der Waals surface area contributed by atoms with Crippen LogP contribution in [0.1, 0.15) is 74.4 Å². The molecule has 0 bridgehead atoms. The van der Waals surface area contributed by atoms with Gasteiger partial charge in [0.25, 0.3) is 5.91 Å². The van der Waals surface area contributed by atoms with Crippen molar-refractivity contribution in [3.63, 3.8) is 0 Å². The van der Waals surface area contributed by atoms with E-state index in [1.807, 2.05) is 30.3 Å². The van der Waals surface area contributed by atoms with Crippen LogP contribution in [0.25, 0.3) is 11.0 Å². The normalized spacial score (nSPS) is 13.4. The van der Waals surface area contributed by atoms with Gasteiger partial charge >= 0.3 is 0 Å². The van der Waals surface area contributed by atoms with Crippen molar-refractivity contribution in [1.82, 2.24) is 10.2 Å². The molecule has 1 aliphatic rings. The third-order valence-corrected chi connectivity index (χ3v) is 7.48. The first-order chi connectivity index (χ1) is 19.6. The van der Waals surface area contributed by atoms with E-state index < -0.39 is 0 Å². The molecule has 1 N–H and O–H groups in total. The molecule has 1 aromatic heterocycles. The minimum absolute atomic E-state index is 0.227. The predicted octanol–water partition coefficient (Wildman–Crippen LogP) is 7.46. The number of hydrogen-bond acceptors (Lipinski definition) is 6. The molecule has 40 heavy (non-hydrogen) atoms. The van der Waals surface area contributed by atoms with Crippen molar-refractivity contribution in [2.75, 3.05) is 27.9 Å². The lowest BCUT2D eigenvalue weighted by Crippen LogP contribution is -2.26. The number of hydrogen-bond donors (Lipinski definition) is 1. The Morgan fingerprint density at radius 2 is 1.77 bits per heavy atom. The third-order valence-electron chi connectivity index (χ3n) is 7.48. The lowest BCUT2D eigenvalue weighted by atomic mass is 9.89. The Hall–Kier alpha value is -3.83. The summed E-state index contributed by atoms with van der Waals surface area (Å²) in [6.45, 7) is 3.38. The van der Waals surface area contributed by atoms with Crippen molar-refractivity contribution in [2.45, 2.75) is 64.8 Å². The smallest absolute Gasteiger partial charge is 0.258 e. The summed E-state index contributed by atoms with van der Waals surface area (Å²) in [5, 5.41) is 4.65. The molecular formula is C33H42N2O5. The highest BCUT2D eigenvalue weighted by atomic mass is 16.5. The number of methoxy groups -OCH3 is 3. The minimum Gasteiger partial charge on any atom is -0.493 e. The van der Waals surface area contributed by atoms with Crippen LogP contribution in [0.4, 0.5) is 0 Å². The van der Waals surface area contributed by atoms with Crippen molar-refractivity contribution in [3.8, 4) is 17.2 Å². The summed E-state index contributed by atoms with van der Waals surface area (Å²) in [5.41, 5.74) is 5.66. The summed E-state index contributed by atoms with van der Waals surface area (Å²) in [4.78, 5) is 15.6. The Kier molecular flexibility index (Phi) is 10.6. The first-order valence-electron chi connectivity index (χ1n) is 14.3. The highest BCUT2D eigenvalue weighted by Gasteiger charge is 2.22. The van der Waals surface area contributed by atoms with Crippen LogP contribution in [0.15, 0.2) is 64.5 Å². The summed E-state index contributed by atoms with van der Waals surface area (Å²) in [5.74, 6) is 2.44. The number of rotatable bonds is 13. The molecule has 7 heteroatoms. The second-order valence-corrected chi connectivity index (χ2v) is 10.3. The van der Waals surface area contributed by atoms with E-state index in [1.54, 1.807) is 44.6 Å². The molecule has 1 fully saturated rings. The maximum Gasteiger partial charge on any atom is 0.258 e. The fourth-order valence-corrected chi connectivity index (χ4v) is 5.21. The fraction of sp³-hybridized carbons (Fsp3) is 0.455. The number of fused-ring (bicyclic) bond motifs is 1. The third kappa shape index (κ3) is 7.42. The van der Waals surface area contributed by atoms with Crippen molar-refractivity contribution in [3.05, 3.63) is 71.4 Å². The summed E-state index contributed by atoms with van der Waals surface area (Å²) in [6, 6.07) is 13.2. The molecule has 0 spiro atoms. The number of carbonyl (C=O) groups excluding carboxylic acids is 1. The standard InChI is InChI=1S/C33H42N2O5/c1-5-6-15-27(34-22-24-12-8-7-9-13-24)17-18-35(23-28-19-25-14-10-11-16-29(25)40-28)33(36)26-20-30(37-2)32(39-4)31(21-26)38-3/h10-11,14,16,18-21,24,34H,5-9,12-13,15,22-23H2,1-4H3. The van der Waals surface area contributed by atoms with Gasteiger partial charge in [-0.1, -0.05) is 56.5 Å². The molecule has 0 atom stereocenters. The van der Waals surface area contributed by atoms with Gasteiger partial charge in [0.05, 0.1) is 39.8 Å². The summed E-state index contributed by atoms with van der Waals surface area (Å²) >= 11 is 0. The van der Waals surface area contributed by atoms with E-state index >= 15 is 0 Å². The summed E-state index contributed by atoms with van der Waals surface area (Å²) < 4.78 is 22.5.